The molecule has 0 radical (unpaired) electrons. The fourth-order valence-corrected chi connectivity index (χ4v) is 2.89. The van der Waals surface area contributed by atoms with E-state index in [0.717, 1.165) is 4.88 Å². The normalized spacial score (nSPS) is 10.5. The second-order valence-corrected chi connectivity index (χ2v) is 6.22. The molecule has 3 rings (SSSR count). The number of nitrogens with zero attached hydrogens (tertiary/aromatic N) is 2. The zero-order valence-corrected chi connectivity index (χ0v) is 14.8. The Kier molecular flexibility index (Phi) is 5.75. The van der Waals surface area contributed by atoms with Crippen LogP contribution in [0.25, 0.3) is 10.7 Å². The van der Waals surface area contributed by atoms with Gasteiger partial charge in [0.2, 0.25) is 17.5 Å². The lowest BCUT2D eigenvalue weighted by molar-refractivity contribution is -0.142. The van der Waals surface area contributed by atoms with E-state index in [1.807, 2.05) is 17.5 Å². The van der Waals surface area contributed by atoms with Crippen LogP contribution in [-0.4, -0.2) is 35.6 Å². The second kappa shape index (κ2) is 8.39. The molecule has 3 aromatic rings. The molecule has 0 aliphatic heterocycles. The van der Waals surface area contributed by atoms with Crippen molar-refractivity contribution in [3.8, 4) is 16.5 Å². The molecular formula is C18H16N2O5S. The number of carbonyl (C=O) groups is 2. The van der Waals surface area contributed by atoms with Gasteiger partial charge in [-0.3, -0.25) is 9.59 Å². The zero-order valence-electron chi connectivity index (χ0n) is 14.0. The molecule has 7 nitrogen and oxygen atoms in total. The van der Waals surface area contributed by atoms with Gasteiger partial charge < -0.3 is 14.0 Å². The summed E-state index contributed by atoms with van der Waals surface area (Å²) < 4.78 is 15.3. The largest absolute Gasteiger partial charge is 0.496 e. The summed E-state index contributed by atoms with van der Waals surface area (Å²) >= 11 is 1.50. The van der Waals surface area contributed by atoms with Crippen LogP contribution in [-0.2, 0) is 16.0 Å². The van der Waals surface area contributed by atoms with Gasteiger partial charge in [0, 0.05) is 6.42 Å². The summed E-state index contributed by atoms with van der Waals surface area (Å²) in [6, 6.07) is 10.6. The highest BCUT2D eigenvalue weighted by molar-refractivity contribution is 7.13. The molecule has 0 aliphatic rings. The smallest absolute Gasteiger partial charge is 0.306 e. The molecule has 0 saturated carbocycles. The molecule has 0 bridgehead atoms. The van der Waals surface area contributed by atoms with Gasteiger partial charge in [0.05, 0.1) is 24.0 Å². The van der Waals surface area contributed by atoms with Crippen molar-refractivity contribution >= 4 is 23.1 Å². The van der Waals surface area contributed by atoms with E-state index in [0.29, 0.717) is 23.0 Å². The van der Waals surface area contributed by atoms with E-state index in [9.17, 15) is 9.59 Å². The predicted octanol–water partition coefficient (Wildman–Crippen LogP) is 3.17. The van der Waals surface area contributed by atoms with Gasteiger partial charge in [0.25, 0.3) is 0 Å². The fourth-order valence-electron chi connectivity index (χ4n) is 2.24. The van der Waals surface area contributed by atoms with E-state index in [-0.39, 0.29) is 25.2 Å². The Hall–Kier alpha value is -3.00. The minimum Gasteiger partial charge on any atom is -0.496 e. The van der Waals surface area contributed by atoms with Gasteiger partial charge >= 0.3 is 5.97 Å². The van der Waals surface area contributed by atoms with Gasteiger partial charge in [0.1, 0.15) is 5.75 Å². The molecule has 2 aromatic heterocycles. The number of esters is 1. The third-order valence-electron chi connectivity index (χ3n) is 3.52. The highest BCUT2D eigenvalue weighted by Crippen LogP contribution is 2.21. The van der Waals surface area contributed by atoms with Gasteiger partial charge in [-0.15, -0.1) is 11.3 Å². The van der Waals surface area contributed by atoms with Gasteiger partial charge in [-0.2, -0.15) is 4.98 Å². The predicted molar refractivity (Wildman–Crippen MR) is 94.2 cm³/mol. The first-order valence-corrected chi connectivity index (χ1v) is 8.73. The van der Waals surface area contributed by atoms with Crippen molar-refractivity contribution in [2.75, 3.05) is 13.7 Å². The number of thiophene rings is 1. The monoisotopic (exact) mass is 372 g/mol. The van der Waals surface area contributed by atoms with Crippen LogP contribution in [0.2, 0.25) is 0 Å². The number of ketones is 1. The Morgan fingerprint density at radius 2 is 2.04 bits per heavy atom. The number of benzene rings is 1. The van der Waals surface area contributed by atoms with Crippen LogP contribution < -0.4 is 4.74 Å². The Balaban J connectivity index is 1.48. The number of hydrogen-bond acceptors (Lipinski definition) is 8. The molecule has 0 amide bonds. The Morgan fingerprint density at radius 3 is 2.81 bits per heavy atom. The average molecular weight is 372 g/mol. The maximum absolute atomic E-state index is 12.1. The second-order valence-electron chi connectivity index (χ2n) is 5.27. The van der Waals surface area contributed by atoms with Gasteiger partial charge in [-0.25, -0.2) is 0 Å². The summed E-state index contributed by atoms with van der Waals surface area (Å²) in [6.07, 6.45) is 0.297. The van der Waals surface area contributed by atoms with E-state index in [1.165, 1.54) is 18.4 Å². The number of ether oxygens (including phenoxy) is 2. The topological polar surface area (TPSA) is 91.5 Å². The van der Waals surface area contributed by atoms with Crippen LogP contribution in [0.3, 0.4) is 0 Å². The lowest BCUT2D eigenvalue weighted by Crippen LogP contribution is -2.15. The fraction of sp³-hybridized carbons (Fsp3) is 0.222. The number of hydrogen-bond donors (Lipinski definition) is 0. The number of carbonyl (C=O) groups excluding carboxylic acids is 2. The molecule has 2 heterocycles. The first kappa shape index (κ1) is 17.8. The molecule has 8 heteroatoms. The van der Waals surface area contributed by atoms with Crippen LogP contribution in [0.5, 0.6) is 5.75 Å². The molecule has 0 saturated heterocycles. The third kappa shape index (κ3) is 4.34. The quantitative estimate of drug-likeness (QED) is 0.443. The van der Waals surface area contributed by atoms with E-state index in [1.54, 1.807) is 24.3 Å². The van der Waals surface area contributed by atoms with Crippen molar-refractivity contribution in [1.29, 1.82) is 0 Å². The van der Waals surface area contributed by atoms with Crippen molar-refractivity contribution in [2.45, 2.75) is 12.8 Å². The molecule has 0 aliphatic carbocycles. The van der Waals surface area contributed by atoms with Crippen LogP contribution in [0.1, 0.15) is 22.7 Å². The maximum atomic E-state index is 12.1. The van der Waals surface area contributed by atoms with E-state index < -0.39 is 5.97 Å². The lowest BCUT2D eigenvalue weighted by Gasteiger charge is -2.07. The Labute approximate surface area is 153 Å². The summed E-state index contributed by atoms with van der Waals surface area (Å²) in [6.45, 7) is -0.344. The minimum atomic E-state index is -0.510. The molecule has 26 heavy (non-hydrogen) atoms. The summed E-state index contributed by atoms with van der Waals surface area (Å²) in [5, 5.41) is 5.79. The van der Waals surface area contributed by atoms with Crippen molar-refractivity contribution in [3.05, 3.63) is 53.2 Å². The molecule has 1 aromatic carbocycles. The standard InChI is InChI=1S/C18H16N2O5S/c1-23-14-6-3-2-5-12(14)13(21)11-24-17(22)9-8-16-19-18(20-25-16)15-7-4-10-26-15/h2-7,10H,8-9,11H2,1H3. The molecule has 0 N–H and O–H groups in total. The minimum absolute atomic E-state index is 0.0469. The molecule has 0 unspecified atom stereocenters. The maximum Gasteiger partial charge on any atom is 0.306 e. The van der Waals surface area contributed by atoms with Crippen molar-refractivity contribution < 1.29 is 23.6 Å². The van der Waals surface area contributed by atoms with E-state index in [4.69, 9.17) is 14.0 Å². The first-order valence-electron chi connectivity index (χ1n) is 7.85. The number of aromatic nitrogens is 2. The number of aryl methyl sites for hydroxylation is 1. The summed E-state index contributed by atoms with van der Waals surface area (Å²) in [7, 11) is 1.48. The van der Waals surface area contributed by atoms with Crippen LogP contribution >= 0.6 is 11.3 Å². The highest BCUT2D eigenvalue weighted by Gasteiger charge is 2.15. The summed E-state index contributed by atoms with van der Waals surface area (Å²) in [4.78, 5) is 29.1. The molecule has 0 spiro atoms. The SMILES string of the molecule is COc1ccccc1C(=O)COC(=O)CCc1nc(-c2cccs2)no1. The van der Waals surface area contributed by atoms with Gasteiger partial charge in [-0.1, -0.05) is 23.4 Å². The summed E-state index contributed by atoms with van der Waals surface area (Å²) in [5.74, 6) is 0.453. The Bertz CT molecular complexity index is 889. The van der Waals surface area contributed by atoms with Crippen LogP contribution in [0, 0.1) is 0 Å². The van der Waals surface area contributed by atoms with Crippen LogP contribution in [0.15, 0.2) is 46.3 Å². The molecular weight excluding hydrogens is 356 g/mol. The molecule has 0 atom stereocenters. The van der Waals surface area contributed by atoms with Crippen molar-refractivity contribution in [2.24, 2.45) is 0 Å². The summed E-state index contributed by atoms with van der Waals surface area (Å²) in [5.41, 5.74) is 0.375. The number of para-hydroxylation sites is 1. The third-order valence-corrected chi connectivity index (χ3v) is 4.39. The van der Waals surface area contributed by atoms with E-state index in [2.05, 4.69) is 10.1 Å². The van der Waals surface area contributed by atoms with Crippen molar-refractivity contribution in [1.82, 2.24) is 10.1 Å². The molecule has 134 valence electrons. The number of methoxy groups -OCH3 is 1. The van der Waals surface area contributed by atoms with Crippen molar-refractivity contribution in [3.63, 3.8) is 0 Å². The van der Waals surface area contributed by atoms with Gasteiger partial charge in [-0.05, 0) is 23.6 Å². The number of Topliss-reactive ketones (excluding diaryl/α,β-unsaturated/α-hetero) is 1. The molecule has 0 fully saturated rings. The van der Waals surface area contributed by atoms with E-state index >= 15 is 0 Å². The number of rotatable bonds is 8. The zero-order chi connectivity index (χ0) is 18.4. The first-order chi connectivity index (χ1) is 12.7. The van der Waals surface area contributed by atoms with Crippen LogP contribution in [0.4, 0.5) is 0 Å². The average Bonchev–Trinajstić information content (AvgIpc) is 3.35. The van der Waals surface area contributed by atoms with Gasteiger partial charge in [0.15, 0.2) is 6.61 Å². The highest BCUT2D eigenvalue weighted by atomic mass is 32.1. The Morgan fingerprint density at radius 1 is 1.19 bits per heavy atom. The lowest BCUT2D eigenvalue weighted by atomic mass is 10.1.